The predicted octanol–water partition coefficient (Wildman–Crippen LogP) is 1.78. The maximum absolute atomic E-state index is 13.6. The van der Waals surface area contributed by atoms with E-state index < -0.39 is 24.0 Å². The molecule has 6 unspecified atom stereocenters. The summed E-state index contributed by atoms with van der Waals surface area (Å²) in [7, 11) is 0. The molecule has 0 spiro atoms. The summed E-state index contributed by atoms with van der Waals surface area (Å²) in [6.07, 6.45) is 2.84. The van der Waals surface area contributed by atoms with Crippen LogP contribution < -0.4 is 5.32 Å². The summed E-state index contributed by atoms with van der Waals surface area (Å²) < 4.78 is 5.51. The number of aliphatic hydroxyl groups excluding tert-OH is 3. The number of nitrogens with zero attached hydrogens (tertiary/aromatic N) is 1. The van der Waals surface area contributed by atoms with Gasteiger partial charge in [0.05, 0.1) is 17.7 Å². The smallest absolute Gasteiger partial charge is 0.185 e. The van der Waals surface area contributed by atoms with Crippen molar-refractivity contribution in [1.29, 1.82) is 0 Å². The van der Waals surface area contributed by atoms with Gasteiger partial charge >= 0.3 is 0 Å². The molecule has 2 saturated carbocycles. The van der Waals surface area contributed by atoms with E-state index in [4.69, 9.17) is 9.84 Å². The molecule has 1 aromatic heterocycles. The maximum atomic E-state index is 13.6. The number of aliphatic hydroxyl groups is 4. The molecule has 0 amide bonds. The van der Waals surface area contributed by atoms with E-state index in [0.717, 1.165) is 19.3 Å². The van der Waals surface area contributed by atoms with Gasteiger partial charge in [0.2, 0.25) is 0 Å². The molecule has 31 heavy (non-hydrogen) atoms. The number of nitrogens with one attached hydrogen (secondary N) is 1. The number of ether oxygens (including phenoxy) is 1. The lowest BCUT2D eigenvalue weighted by molar-refractivity contribution is -0.232. The number of carbonyl (C=O) groups excluding carboxylic acids is 1. The van der Waals surface area contributed by atoms with E-state index in [2.05, 4.69) is 24.1 Å². The molecule has 6 atom stereocenters. The maximum Gasteiger partial charge on any atom is 0.185 e. The van der Waals surface area contributed by atoms with Crippen LogP contribution in [0, 0.1) is 23.2 Å². The summed E-state index contributed by atoms with van der Waals surface area (Å²) in [5, 5.41) is 43.5. The molecule has 8 nitrogen and oxygen atoms in total. The molecule has 2 heterocycles. The van der Waals surface area contributed by atoms with Gasteiger partial charge in [-0.2, -0.15) is 0 Å². The van der Waals surface area contributed by atoms with Crippen LogP contribution in [0.2, 0.25) is 0 Å². The van der Waals surface area contributed by atoms with Crippen LogP contribution in [0.5, 0.6) is 0 Å². The topological polar surface area (TPSA) is 132 Å². The summed E-state index contributed by atoms with van der Waals surface area (Å²) in [6.45, 7) is 3.92. The molecule has 2 bridgehead atoms. The van der Waals surface area contributed by atoms with Crippen molar-refractivity contribution in [2.75, 3.05) is 18.5 Å². The molecular formula is C22H34N2O6S. The SMILES string of the molecule is CC1CC2CC(C)CC(C(=O)c3cnc(NC4OCC(O)(CCO)C(O)C4O)s3)(C1)C2. The zero-order valence-electron chi connectivity index (χ0n) is 18.2. The predicted molar refractivity (Wildman–Crippen MR) is 116 cm³/mol. The Kier molecular flexibility index (Phi) is 6.46. The first-order chi connectivity index (χ1) is 14.7. The van der Waals surface area contributed by atoms with Crippen molar-refractivity contribution in [2.24, 2.45) is 23.2 Å². The van der Waals surface area contributed by atoms with Crippen molar-refractivity contribution in [3.63, 3.8) is 0 Å². The highest BCUT2D eigenvalue weighted by Gasteiger charge is 2.50. The minimum atomic E-state index is -1.71. The molecule has 1 saturated heterocycles. The summed E-state index contributed by atoms with van der Waals surface area (Å²) in [6, 6.07) is 0. The quantitative estimate of drug-likeness (QED) is 0.411. The Morgan fingerprint density at radius 3 is 2.58 bits per heavy atom. The number of carbonyl (C=O) groups is 1. The van der Waals surface area contributed by atoms with Crippen LogP contribution >= 0.6 is 11.3 Å². The second-order valence-electron chi connectivity index (χ2n) is 10.2. The number of thiazole rings is 1. The van der Waals surface area contributed by atoms with Crippen molar-refractivity contribution in [2.45, 2.75) is 76.4 Å². The second kappa shape index (κ2) is 8.68. The minimum absolute atomic E-state index is 0.103. The van der Waals surface area contributed by atoms with E-state index in [-0.39, 0.29) is 30.8 Å². The summed E-state index contributed by atoms with van der Waals surface area (Å²) in [5.41, 5.74) is -2.01. The highest BCUT2D eigenvalue weighted by molar-refractivity contribution is 7.17. The molecule has 9 heteroatoms. The van der Waals surface area contributed by atoms with E-state index >= 15 is 0 Å². The molecule has 3 aliphatic rings. The Morgan fingerprint density at radius 1 is 1.26 bits per heavy atom. The first-order valence-corrected chi connectivity index (χ1v) is 12.1. The van der Waals surface area contributed by atoms with Gasteiger partial charge in [-0.3, -0.25) is 4.79 Å². The van der Waals surface area contributed by atoms with Gasteiger partial charge in [-0.25, -0.2) is 4.98 Å². The van der Waals surface area contributed by atoms with Crippen LogP contribution in [0.25, 0.3) is 0 Å². The van der Waals surface area contributed by atoms with Crippen molar-refractivity contribution in [1.82, 2.24) is 4.98 Å². The summed E-state index contributed by atoms with van der Waals surface area (Å²) >= 11 is 1.24. The fraction of sp³-hybridized carbons (Fsp3) is 0.818. The van der Waals surface area contributed by atoms with E-state index in [1.807, 2.05) is 0 Å². The van der Waals surface area contributed by atoms with Crippen LogP contribution in [0.1, 0.15) is 62.0 Å². The van der Waals surface area contributed by atoms with Gasteiger partial charge in [-0.15, -0.1) is 0 Å². The summed E-state index contributed by atoms with van der Waals surface area (Å²) in [4.78, 5) is 18.5. The number of hydrogen-bond donors (Lipinski definition) is 5. The third-order valence-electron chi connectivity index (χ3n) is 7.35. The number of anilines is 1. The Balaban J connectivity index is 1.46. The molecule has 174 valence electrons. The van der Waals surface area contributed by atoms with Crippen LogP contribution in [0.4, 0.5) is 5.13 Å². The Morgan fingerprint density at radius 2 is 1.94 bits per heavy atom. The zero-order chi connectivity index (χ0) is 22.4. The van der Waals surface area contributed by atoms with Gasteiger partial charge in [0.25, 0.3) is 0 Å². The Hall–Kier alpha value is -1.10. The van der Waals surface area contributed by atoms with E-state index in [0.29, 0.717) is 27.8 Å². The number of hydrogen-bond acceptors (Lipinski definition) is 9. The second-order valence-corrected chi connectivity index (χ2v) is 11.2. The first kappa shape index (κ1) is 23.1. The molecule has 1 aliphatic heterocycles. The van der Waals surface area contributed by atoms with Crippen LogP contribution in [-0.2, 0) is 4.74 Å². The minimum Gasteiger partial charge on any atom is -0.396 e. The summed E-state index contributed by atoms with van der Waals surface area (Å²) in [5.74, 6) is 1.88. The van der Waals surface area contributed by atoms with Crippen molar-refractivity contribution in [3.05, 3.63) is 11.1 Å². The lowest BCUT2D eigenvalue weighted by atomic mass is 9.55. The number of ketones is 1. The molecule has 4 rings (SSSR count). The monoisotopic (exact) mass is 454 g/mol. The molecule has 0 radical (unpaired) electrons. The van der Waals surface area contributed by atoms with E-state index in [1.165, 1.54) is 24.2 Å². The molecule has 1 aromatic rings. The molecule has 0 aromatic carbocycles. The third kappa shape index (κ3) is 4.41. The lowest BCUT2D eigenvalue weighted by Gasteiger charge is -2.48. The van der Waals surface area contributed by atoms with Crippen LogP contribution in [0.3, 0.4) is 0 Å². The molecular weight excluding hydrogens is 420 g/mol. The highest BCUT2D eigenvalue weighted by atomic mass is 32.1. The van der Waals surface area contributed by atoms with Crippen LogP contribution in [-0.4, -0.2) is 68.4 Å². The molecule has 2 aliphatic carbocycles. The number of Topliss-reactive ketones (excluding diaryl/α,β-unsaturated/α-hetero) is 1. The first-order valence-electron chi connectivity index (χ1n) is 11.2. The standard InChI is InChI=1S/C22H34N2O6S/c1-12-5-14-6-13(2)8-21(7-12,9-14)17(27)15-10-23-20(31-15)24-19-16(26)18(28)22(29,3-4-25)11-30-19/h10,12-14,16,18-19,25-26,28-29H,3-9,11H2,1-2H3,(H,23,24). The Bertz CT molecular complexity index is 783. The van der Waals surface area contributed by atoms with Crippen LogP contribution in [0.15, 0.2) is 6.20 Å². The van der Waals surface area contributed by atoms with Gasteiger partial charge in [-0.05, 0) is 49.9 Å². The lowest BCUT2D eigenvalue weighted by Crippen LogP contribution is -2.63. The van der Waals surface area contributed by atoms with Gasteiger partial charge in [-0.1, -0.05) is 25.2 Å². The Labute approximate surface area is 186 Å². The van der Waals surface area contributed by atoms with Crippen molar-refractivity contribution >= 4 is 22.3 Å². The average molecular weight is 455 g/mol. The van der Waals surface area contributed by atoms with Gasteiger partial charge < -0.3 is 30.5 Å². The molecule has 3 fully saturated rings. The van der Waals surface area contributed by atoms with Gasteiger partial charge in [0.1, 0.15) is 17.8 Å². The van der Waals surface area contributed by atoms with E-state index in [1.54, 1.807) is 6.20 Å². The largest absolute Gasteiger partial charge is 0.396 e. The molecule has 5 N–H and O–H groups in total. The van der Waals surface area contributed by atoms with Gasteiger partial charge in [0, 0.05) is 18.4 Å². The fourth-order valence-corrected chi connectivity index (χ4v) is 7.16. The average Bonchev–Trinajstić information content (AvgIpc) is 3.15. The number of fused-ring (bicyclic) bond motifs is 2. The highest BCUT2D eigenvalue weighted by Crippen LogP contribution is 2.54. The van der Waals surface area contributed by atoms with Gasteiger partial charge in [0.15, 0.2) is 17.1 Å². The van der Waals surface area contributed by atoms with Crippen molar-refractivity contribution in [3.8, 4) is 0 Å². The number of rotatable bonds is 6. The number of aromatic nitrogens is 1. The zero-order valence-corrected chi connectivity index (χ0v) is 19.0. The third-order valence-corrected chi connectivity index (χ3v) is 8.28. The van der Waals surface area contributed by atoms with Crippen molar-refractivity contribution < 1.29 is 30.0 Å². The van der Waals surface area contributed by atoms with E-state index in [9.17, 15) is 20.1 Å². The fourth-order valence-electron chi connectivity index (χ4n) is 6.25. The normalized spacial score (nSPS) is 42.9.